The van der Waals surface area contributed by atoms with E-state index < -0.39 is 23.3 Å². The van der Waals surface area contributed by atoms with Gasteiger partial charge >= 0.3 is 11.9 Å². The number of carbonyl (C=O) groups is 3. The zero-order valence-corrected chi connectivity index (χ0v) is 22.7. The Hall–Kier alpha value is -3.01. The molecule has 0 bridgehead atoms. The molecule has 0 heterocycles. The summed E-state index contributed by atoms with van der Waals surface area (Å²) in [5.41, 5.74) is -0.670. The first-order valence-corrected chi connectivity index (χ1v) is 13.7. The third-order valence-corrected chi connectivity index (χ3v) is 8.14. The molecule has 2 aromatic carbocycles. The second kappa shape index (κ2) is 14.4. The number of rotatable bonds is 12. The largest absolute Gasteiger partial charge is 0.481 e. The lowest BCUT2D eigenvalue weighted by atomic mass is 9.76. The number of fused-ring (bicyclic) bond motifs is 1. The Balaban J connectivity index is 0.00000420. The highest BCUT2D eigenvalue weighted by molar-refractivity contribution is 5.91. The van der Waals surface area contributed by atoms with Gasteiger partial charge in [0.15, 0.2) is 0 Å². The fourth-order valence-corrected chi connectivity index (χ4v) is 5.93. The van der Waals surface area contributed by atoms with Crippen LogP contribution in [0.25, 0.3) is 10.8 Å². The van der Waals surface area contributed by atoms with E-state index >= 15 is 0 Å². The average molecular weight is 544 g/mol. The van der Waals surface area contributed by atoms with Crippen LogP contribution in [0, 0.1) is 17.3 Å². The van der Waals surface area contributed by atoms with Crippen LogP contribution in [0.1, 0.15) is 57.8 Å². The van der Waals surface area contributed by atoms with Crippen LogP contribution in [-0.4, -0.2) is 61.4 Å². The molecule has 0 spiro atoms. The zero-order valence-electron chi connectivity index (χ0n) is 22.7. The van der Waals surface area contributed by atoms with Gasteiger partial charge < -0.3 is 30.1 Å². The molecule has 1 unspecified atom stereocenters. The fraction of sp³-hybridized carbons (Fsp3) is 0.567. The minimum absolute atomic E-state index is 0. The van der Waals surface area contributed by atoms with Crippen molar-refractivity contribution >= 4 is 28.6 Å². The molecular weight excluding hydrogens is 502 g/mol. The molecule has 9 nitrogen and oxygen atoms in total. The van der Waals surface area contributed by atoms with Gasteiger partial charge in [-0.3, -0.25) is 14.4 Å². The van der Waals surface area contributed by atoms with Crippen molar-refractivity contribution in [1.29, 1.82) is 0 Å². The van der Waals surface area contributed by atoms with E-state index in [1.807, 2.05) is 36.4 Å². The fourth-order valence-electron chi connectivity index (χ4n) is 5.93. The summed E-state index contributed by atoms with van der Waals surface area (Å²) in [5, 5.41) is 14.3. The van der Waals surface area contributed by atoms with Crippen LogP contribution in [0.3, 0.4) is 0 Å². The van der Waals surface area contributed by atoms with Gasteiger partial charge in [-0.05, 0) is 56.4 Å². The van der Waals surface area contributed by atoms with E-state index in [2.05, 4.69) is 5.32 Å². The van der Waals surface area contributed by atoms with E-state index in [4.69, 9.17) is 14.2 Å². The first-order chi connectivity index (χ1) is 18.4. The normalized spacial score (nSPS) is 21.1. The molecule has 4 rings (SSSR count). The van der Waals surface area contributed by atoms with Crippen LogP contribution in [0.15, 0.2) is 42.5 Å². The third kappa shape index (κ3) is 7.77. The van der Waals surface area contributed by atoms with Crippen molar-refractivity contribution in [3.8, 4) is 5.75 Å². The van der Waals surface area contributed by atoms with Crippen molar-refractivity contribution in [3.05, 3.63) is 42.5 Å². The summed E-state index contributed by atoms with van der Waals surface area (Å²) in [6.45, 7) is 0.905. The van der Waals surface area contributed by atoms with Gasteiger partial charge in [0, 0.05) is 18.5 Å². The van der Waals surface area contributed by atoms with Crippen molar-refractivity contribution in [2.75, 3.05) is 26.9 Å². The number of carbonyl (C=O) groups excluding carboxylic acids is 2. The van der Waals surface area contributed by atoms with Crippen LogP contribution < -0.4 is 10.1 Å². The predicted octanol–water partition coefficient (Wildman–Crippen LogP) is 3.91. The van der Waals surface area contributed by atoms with Gasteiger partial charge in [0.25, 0.3) is 0 Å². The Labute approximate surface area is 229 Å². The van der Waals surface area contributed by atoms with Gasteiger partial charge in [0.1, 0.15) is 5.75 Å². The maximum absolute atomic E-state index is 13.7. The summed E-state index contributed by atoms with van der Waals surface area (Å²) in [7, 11) is 1.59. The summed E-state index contributed by atoms with van der Waals surface area (Å²) >= 11 is 0. The zero-order chi connectivity index (χ0) is 27.0. The number of aliphatic carboxylic acids is 1. The number of nitrogens with one attached hydrogen (secondary N) is 1. The molecule has 2 saturated carbocycles. The van der Waals surface area contributed by atoms with Crippen LogP contribution >= 0.6 is 0 Å². The number of amides is 1. The van der Waals surface area contributed by atoms with Crippen LogP contribution in [-0.2, 0) is 23.9 Å². The monoisotopic (exact) mass is 543 g/mol. The quantitative estimate of drug-likeness (QED) is 0.235. The van der Waals surface area contributed by atoms with Crippen molar-refractivity contribution < 1.29 is 39.2 Å². The molecule has 1 atom stereocenters. The molecule has 0 radical (unpaired) electrons. The Morgan fingerprint density at radius 2 is 1.69 bits per heavy atom. The summed E-state index contributed by atoms with van der Waals surface area (Å²) < 4.78 is 16.8. The topological polar surface area (TPSA) is 143 Å². The number of carboxylic acids is 1. The maximum Gasteiger partial charge on any atom is 0.316 e. The molecule has 0 saturated heterocycles. The summed E-state index contributed by atoms with van der Waals surface area (Å²) in [6.07, 6.45) is 6.07. The smallest absolute Gasteiger partial charge is 0.316 e. The number of methoxy groups -OCH3 is 1. The van der Waals surface area contributed by atoms with Crippen LogP contribution in [0.2, 0.25) is 0 Å². The lowest BCUT2D eigenvalue weighted by Crippen LogP contribution is -2.47. The number of benzene rings is 2. The van der Waals surface area contributed by atoms with Crippen molar-refractivity contribution in [3.63, 3.8) is 0 Å². The van der Waals surface area contributed by atoms with E-state index in [-0.39, 0.29) is 30.0 Å². The number of carboxylic acid groups (broad SMARTS) is 1. The van der Waals surface area contributed by atoms with Crippen LogP contribution in [0.5, 0.6) is 5.75 Å². The molecular formula is C30H41NO8. The van der Waals surface area contributed by atoms with Crippen LogP contribution in [0.4, 0.5) is 0 Å². The third-order valence-electron chi connectivity index (χ3n) is 8.14. The van der Waals surface area contributed by atoms with E-state index in [1.165, 1.54) is 0 Å². The SMILES string of the molecule is COCCOCC(CC1(C(=O)NC2CCC(C(=O)O)CC2)CCCC1)C(=O)Oc1cccc2ccccc12.O. The number of esters is 1. The molecule has 4 N–H and O–H groups in total. The highest BCUT2D eigenvalue weighted by atomic mass is 16.5. The first-order valence-electron chi connectivity index (χ1n) is 13.7. The summed E-state index contributed by atoms with van der Waals surface area (Å²) in [6, 6.07) is 13.3. The summed E-state index contributed by atoms with van der Waals surface area (Å²) in [5.74, 6) is -1.65. The standard InChI is InChI=1S/C30H39NO7.H2O/c1-36-17-18-37-20-23(28(34)38-26-10-6-8-21-7-2-3-9-25(21)26)19-30(15-4-5-16-30)29(35)31-24-13-11-22(12-14-24)27(32)33;/h2-3,6-10,22-24H,4-5,11-20H2,1H3,(H,31,35)(H,32,33);1H2. The molecule has 1 amide bonds. The molecule has 0 aromatic heterocycles. The highest BCUT2D eigenvalue weighted by Crippen LogP contribution is 2.44. The van der Waals surface area contributed by atoms with Gasteiger partial charge in [-0.25, -0.2) is 0 Å². The van der Waals surface area contributed by atoms with Gasteiger partial charge in [-0.15, -0.1) is 0 Å². The second-order valence-corrected chi connectivity index (χ2v) is 10.7. The van der Waals surface area contributed by atoms with E-state index in [1.54, 1.807) is 13.2 Å². The number of hydrogen-bond donors (Lipinski definition) is 2. The van der Waals surface area contributed by atoms with E-state index in [0.717, 1.165) is 23.6 Å². The van der Waals surface area contributed by atoms with Gasteiger partial charge in [-0.1, -0.05) is 49.2 Å². The molecule has 0 aliphatic heterocycles. The Bertz CT molecular complexity index is 1100. The molecule has 9 heteroatoms. The molecule has 214 valence electrons. The molecule has 2 fully saturated rings. The molecule has 2 aromatic rings. The lowest BCUT2D eigenvalue weighted by Gasteiger charge is -2.34. The van der Waals surface area contributed by atoms with Gasteiger partial charge in [-0.2, -0.15) is 0 Å². The predicted molar refractivity (Wildman–Crippen MR) is 146 cm³/mol. The van der Waals surface area contributed by atoms with E-state index in [0.29, 0.717) is 63.9 Å². The Morgan fingerprint density at radius 3 is 2.38 bits per heavy atom. The summed E-state index contributed by atoms with van der Waals surface area (Å²) in [4.78, 5) is 38.5. The molecule has 39 heavy (non-hydrogen) atoms. The Kier molecular flexibility index (Phi) is 11.3. The highest BCUT2D eigenvalue weighted by Gasteiger charge is 2.45. The number of hydrogen-bond acceptors (Lipinski definition) is 6. The van der Waals surface area contributed by atoms with Crippen molar-refractivity contribution in [2.24, 2.45) is 17.3 Å². The van der Waals surface area contributed by atoms with Crippen molar-refractivity contribution in [2.45, 2.75) is 63.8 Å². The first kappa shape index (κ1) is 30.5. The maximum atomic E-state index is 13.7. The van der Waals surface area contributed by atoms with E-state index in [9.17, 15) is 19.5 Å². The number of ether oxygens (including phenoxy) is 3. The average Bonchev–Trinajstić information content (AvgIpc) is 3.41. The Morgan fingerprint density at radius 1 is 1.00 bits per heavy atom. The van der Waals surface area contributed by atoms with Gasteiger partial charge in [0.2, 0.25) is 5.91 Å². The molecule has 2 aliphatic rings. The second-order valence-electron chi connectivity index (χ2n) is 10.7. The lowest BCUT2D eigenvalue weighted by molar-refractivity contribution is -0.144. The molecule has 2 aliphatic carbocycles. The van der Waals surface area contributed by atoms with Crippen molar-refractivity contribution in [1.82, 2.24) is 5.32 Å². The minimum Gasteiger partial charge on any atom is -0.481 e. The minimum atomic E-state index is -0.761. The van der Waals surface area contributed by atoms with Gasteiger partial charge in [0.05, 0.1) is 37.1 Å².